The molecule has 0 aliphatic heterocycles. The lowest BCUT2D eigenvalue weighted by molar-refractivity contribution is -0.120. The minimum atomic E-state index is -3.34. The van der Waals surface area contributed by atoms with Crippen LogP contribution in [0.1, 0.15) is 23.2 Å². The van der Waals surface area contributed by atoms with E-state index in [1.54, 1.807) is 24.3 Å². The molecule has 0 aliphatic rings. The molecule has 0 heterocycles. The molecule has 0 saturated carbocycles. The van der Waals surface area contributed by atoms with Gasteiger partial charge in [-0.25, -0.2) is 13.1 Å². The van der Waals surface area contributed by atoms with E-state index in [1.807, 2.05) is 0 Å². The number of sulfonamides is 1. The summed E-state index contributed by atoms with van der Waals surface area (Å²) in [4.78, 5) is 23.5. The summed E-state index contributed by atoms with van der Waals surface area (Å²) in [7, 11) is -0.523. The third-order valence-electron chi connectivity index (χ3n) is 2.97. The highest BCUT2D eigenvalue weighted by Gasteiger charge is 2.11. The quantitative estimate of drug-likeness (QED) is 0.636. The summed E-state index contributed by atoms with van der Waals surface area (Å²) in [6.07, 6.45) is 0.0629. The van der Waals surface area contributed by atoms with Crippen LogP contribution in [0, 0.1) is 0 Å². The Balaban J connectivity index is 2.39. The molecule has 0 atom stereocenters. The van der Waals surface area contributed by atoms with E-state index in [1.165, 1.54) is 14.2 Å². The Labute approximate surface area is 130 Å². The predicted octanol–water partition coefficient (Wildman–Crippen LogP) is 0.324. The first kappa shape index (κ1) is 18.1. The molecule has 0 radical (unpaired) electrons. The van der Waals surface area contributed by atoms with Crippen molar-refractivity contribution in [1.82, 2.24) is 10.0 Å². The van der Waals surface area contributed by atoms with E-state index >= 15 is 0 Å². The largest absolute Gasteiger partial charge is 0.497 e. The maximum Gasteiger partial charge on any atom is 0.220 e. The van der Waals surface area contributed by atoms with Crippen molar-refractivity contribution in [2.45, 2.75) is 12.8 Å². The number of amides is 1. The van der Waals surface area contributed by atoms with Gasteiger partial charge in [-0.05, 0) is 19.2 Å². The molecule has 0 bridgehead atoms. The lowest BCUT2D eigenvalue weighted by Crippen LogP contribution is -2.33. The monoisotopic (exact) mass is 328 g/mol. The summed E-state index contributed by atoms with van der Waals surface area (Å²) in [5.74, 6) is -0.147. The third-order valence-corrected chi connectivity index (χ3v) is 4.34. The van der Waals surface area contributed by atoms with Crippen LogP contribution in [0.4, 0.5) is 0 Å². The number of nitrogens with one attached hydrogen (secondary N) is 2. The van der Waals surface area contributed by atoms with Gasteiger partial charge in [0, 0.05) is 24.9 Å². The molecule has 0 unspecified atom stereocenters. The predicted molar refractivity (Wildman–Crippen MR) is 82.4 cm³/mol. The van der Waals surface area contributed by atoms with Crippen molar-refractivity contribution in [3.63, 3.8) is 0 Å². The van der Waals surface area contributed by atoms with Crippen LogP contribution in [-0.4, -0.2) is 46.6 Å². The Kier molecular flexibility index (Phi) is 7.00. The molecule has 0 aromatic heterocycles. The number of carbonyl (C=O) groups excluding carboxylic acids is 2. The van der Waals surface area contributed by atoms with Crippen molar-refractivity contribution in [3.05, 3.63) is 29.8 Å². The number of methoxy groups -OCH3 is 1. The number of benzene rings is 1. The number of rotatable bonds is 9. The van der Waals surface area contributed by atoms with Crippen LogP contribution in [0.2, 0.25) is 0 Å². The van der Waals surface area contributed by atoms with Gasteiger partial charge < -0.3 is 10.1 Å². The van der Waals surface area contributed by atoms with Crippen molar-refractivity contribution in [2.24, 2.45) is 0 Å². The third kappa shape index (κ3) is 6.23. The van der Waals surface area contributed by atoms with Crippen LogP contribution in [-0.2, 0) is 14.8 Å². The van der Waals surface area contributed by atoms with E-state index in [2.05, 4.69) is 10.0 Å². The van der Waals surface area contributed by atoms with Gasteiger partial charge in [-0.1, -0.05) is 12.1 Å². The van der Waals surface area contributed by atoms with Crippen LogP contribution in [0.15, 0.2) is 24.3 Å². The van der Waals surface area contributed by atoms with Gasteiger partial charge in [-0.15, -0.1) is 0 Å². The normalized spacial score (nSPS) is 11.0. The van der Waals surface area contributed by atoms with E-state index in [4.69, 9.17) is 4.74 Å². The van der Waals surface area contributed by atoms with Gasteiger partial charge in [0.2, 0.25) is 15.9 Å². The second kappa shape index (κ2) is 8.50. The summed E-state index contributed by atoms with van der Waals surface area (Å²) in [6.45, 7) is 0.00928. The Bertz CT molecular complexity index is 628. The van der Waals surface area contributed by atoms with E-state index in [-0.39, 0.29) is 36.8 Å². The van der Waals surface area contributed by atoms with E-state index in [0.717, 1.165) is 0 Å². The van der Waals surface area contributed by atoms with Crippen molar-refractivity contribution >= 4 is 21.7 Å². The molecule has 8 heteroatoms. The number of hydrogen-bond acceptors (Lipinski definition) is 5. The Hall–Kier alpha value is -1.93. The molecule has 0 spiro atoms. The molecular weight excluding hydrogens is 308 g/mol. The second-order valence-electron chi connectivity index (χ2n) is 4.53. The molecule has 7 nitrogen and oxygen atoms in total. The van der Waals surface area contributed by atoms with Gasteiger partial charge in [-0.2, -0.15) is 0 Å². The molecule has 0 saturated heterocycles. The Morgan fingerprint density at radius 2 is 1.95 bits per heavy atom. The first-order valence-corrected chi connectivity index (χ1v) is 8.38. The average Bonchev–Trinajstić information content (AvgIpc) is 2.52. The fourth-order valence-electron chi connectivity index (χ4n) is 1.68. The fraction of sp³-hybridized carbons (Fsp3) is 0.429. The topological polar surface area (TPSA) is 102 Å². The van der Waals surface area contributed by atoms with Crippen LogP contribution in [0.3, 0.4) is 0 Å². The van der Waals surface area contributed by atoms with Gasteiger partial charge >= 0.3 is 0 Å². The Morgan fingerprint density at radius 3 is 2.59 bits per heavy atom. The summed E-state index contributed by atoms with van der Waals surface area (Å²) in [5.41, 5.74) is 0.477. The second-order valence-corrected chi connectivity index (χ2v) is 6.57. The van der Waals surface area contributed by atoms with Crippen LogP contribution in [0.25, 0.3) is 0 Å². The highest BCUT2D eigenvalue weighted by molar-refractivity contribution is 7.89. The zero-order valence-corrected chi connectivity index (χ0v) is 13.4. The lowest BCUT2D eigenvalue weighted by atomic mass is 10.1. The van der Waals surface area contributed by atoms with Gasteiger partial charge in [0.25, 0.3) is 0 Å². The summed E-state index contributed by atoms with van der Waals surface area (Å²) >= 11 is 0. The summed E-state index contributed by atoms with van der Waals surface area (Å²) in [6, 6.07) is 6.70. The Morgan fingerprint density at radius 1 is 1.23 bits per heavy atom. The van der Waals surface area contributed by atoms with Crippen molar-refractivity contribution in [2.75, 3.05) is 26.5 Å². The van der Waals surface area contributed by atoms with Gasteiger partial charge in [0.15, 0.2) is 5.78 Å². The summed E-state index contributed by atoms with van der Waals surface area (Å²) < 4.78 is 29.5. The van der Waals surface area contributed by atoms with Crippen LogP contribution >= 0.6 is 0 Å². The fourth-order valence-corrected chi connectivity index (χ4v) is 2.26. The number of carbonyl (C=O) groups is 2. The lowest BCUT2D eigenvalue weighted by Gasteiger charge is -2.06. The molecule has 22 heavy (non-hydrogen) atoms. The van der Waals surface area contributed by atoms with Gasteiger partial charge in [-0.3, -0.25) is 9.59 Å². The highest BCUT2D eigenvalue weighted by Crippen LogP contribution is 2.14. The smallest absolute Gasteiger partial charge is 0.220 e. The molecule has 1 aromatic rings. The number of hydrogen-bond donors (Lipinski definition) is 2. The molecule has 122 valence electrons. The zero-order valence-electron chi connectivity index (χ0n) is 12.6. The maximum absolute atomic E-state index is 12.0. The van der Waals surface area contributed by atoms with Gasteiger partial charge in [0.1, 0.15) is 5.75 Å². The minimum absolute atomic E-state index is 0.00928. The maximum atomic E-state index is 12.0. The standard InChI is InChI=1S/C14H20N2O5S/c1-15-22(19,20)9-8-16-14(18)7-6-13(17)11-4-3-5-12(10-11)21-2/h3-5,10,15H,6-9H2,1-2H3,(H,16,18). The van der Waals surface area contributed by atoms with E-state index < -0.39 is 10.0 Å². The van der Waals surface area contributed by atoms with Gasteiger partial charge in [0.05, 0.1) is 12.9 Å². The number of Topliss-reactive ketones (excluding diaryl/α,β-unsaturated/α-hetero) is 1. The highest BCUT2D eigenvalue weighted by atomic mass is 32.2. The molecule has 0 aliphatic carbocycles. The molecule has 1 amide bonds. The SMILES string of the molecule is CNS(=O)(=O)CCNC(=O)CCC(=O)c1cccc(OC)c1. The molecule has 1 rings (SSSR count). The molecule has 1 aromatic carbocycles. The number of ether oxygens (including phenoxy) is 1. The summed E-state index contributed by atoms with van der Waals surface area (Å²) in [5, 5.41) is 2.47. The molecule has 2 N–H and O–H groups in total. The first-order valence-electron chi connectivity index (χ1n) is 6.73. The number of ketones is 1. The van der Waals surface area contributed by atoms with Crippen LogP contribution < -0.4 is 14.8 Å². The van der Waals surface area contributed by atoms with Crippen molar-refractivity contribution in [3.8, 4) is 5.75 Å². The van der Waals surface area contributed by atoms with Crippen LogP contribution in [0.5, 0.6) is 5.75 Å². The zero-order chi connectivity index (χ0) is 16.6. The molecular formula is C14H20N2O5S. The molecule has 0 fully saturated rings. The first-order chi connectivity index (χ1) is 10.4. The van der Waals surface area contributed by atoms with E-state index in [0.29, 0.717) is 11.3 Å². The minimum Gasteiger partial charge on any atom is -0.497 e. The van der Waals surface area contributed by atoms with E-state index in [9.17, 15) is 18.0 Å². The van der Waals surface area contributed by atoms with Crippen molar-refractivity contribution < 1.29 is 22.7 Å². The average molecular weight is 328 g/mol. The van der Waals surface area contributed by atoms with Crippen molar-refractivity contribution in [1.29, 1.82) is 0 Å².